The van der Waals surface area contributed by atoms with Gasteiger partial charge in [-0.25, -0.2) is 0 Å². The van der Waals surface area contributed by atoms with Gasteiger partial charge in [0, 0.05) is 12.6 Å². The molecule has 1 heterocycles. The van der Waals surface area contributed by atoms with Gasteiger partial charge in [0.25, 0.3) is 0 Å². The summed E-state index contributed by atoms with van der Waals surface area (Å²) in [5.74, 6) is 2.54. The summed E-state index contributed by atoms with van der Waals surface area (Å²) in [5.41, 5.74) is 0. The third-order valence-corrected chi connectivity index (χ3v) is 1.39. The molecule has 2 heteroatoms. The molecule has 1 saturated heterocycles. The molecule has 9 heavy (non-hydrogen) atoms. The second-order valence-corrected chi connectivity index (χ2v) is 2.30. The van der Waals surface area contributed by atoms with Crippen molar-refractivity contribution in [3.63, 3.8) is 0 Å². The highest BCUT2D eigenvalue weighted by Gasteiger charge is 2.14. The van der Waals surface area contributed by atoms with Crippen LogP contribution in [0.25, 0.3) is 0 Å². The zero-order chi connectivity index (χ0) is 6.69. The molecule has 1 N–H and O–H groups in total. The van der Waals surface area contributed by atoms with Gasteiger partial charge < -0.3 is 10.1 Å². The summed E-state index contributed by atoms with van der Waals surface area (Å²) in [6, 6.07) is 0.453. The van der Waals surface area contributed by atoms with Crippen molar-refractivity contribution in [2.24, 2.45) is 0 Å². The maximum atomic E-state index is 5.24. The van der Waals surface area contributed by atoms with Gasteiger partial charge in [-0.15, -0.1) is 6.42 Å². The van der Waals surface area contributed by atoms with Gasteiger partial charge in [0.2, 0.25) is 0 Å². The molecule has 0 amide bonds. The van der Waals surface area contributed by atoms with Crippen LogP contribution in [-0.4, -0.2) is 25.3 Å². The maximum absolute atomic E-state index is 5.24. The van der Waals surface area contributed by atoms with E-state index in [2.05, 4.69) is 18.2 Å². The first-order chi connectivity index (χ1) is 4.33. The Morgan fingerprint density at radius 2 is 2.56 bits per heavy atom. The molecular weight excluding hydrogens is 114 g/mol. The second kappa shape index (κ2) is 2.86. The van der Waals surface area contributed by atoms with Crippen molar-refractivity contribution in [3.05, 3.63) is 0 Å². The first-order valence-corrected chi connectivity index (χ1v) is 3.14. The maximum Gasteiger partial charge on any atom is 0.130 e. The lowest BCUT2D eigenvalue weighted by molar-refractivity contribution is 0.0419. The Balaban J connectivity index is 2.28. The van der Waals surface area contributed by atoms with E-state index in [9.17, 15) is 0 Å². The molecule has 0 spiro atoms. The summed E-state index contributed by atoms with van der Waals surface area (Å²) < 4.78 is 5.24. The van der Waals surface area contributed by atoms with Gasteiger partial charge in [-0.05, 0) is 6.92 Å². The number of ether oxygens (including phenoxy) is 1. The summed E-state index contributed by atoms with van der Waals surface area (Å²) in [5, 5.41) is 3.22. The van der Waals surface area contributed by atoms with E-state index >= 15 is 0 Å². The number of hydrogen-bond donors (Lipinski definition) is 1. The van der Waals surface area contributed by atoms with Crippen LogP contribution in [-0.2, 0) is 4.74 Å². The standard InChI is InChI=1S/C7H11NO/c1-3-7-4-8-6(2)5-9-7/h1,6-8H,4-5H2,2H3/t6-,7-/m0/s1. The fourth-order valence-corrected chi connectivity index (χ4v) is 0.794. The molecule has 0 bridgehead atoms. The van der Waals surface area contributed by atoms with Gasteiger partial charge in [-0.3, -0.25) is 0 Å². The zero-order valence-corrected chi connectivity index (χ0v) is 5.55. The average molecular weight is 125 g/mol. The third-order valence-electron chi connectivity index (χ3n) is 1.39. The molecule has 1 rings (SSSR count). The highest BCUT2D eigenvalue weighted by molar-refractivity contribution is 4.97. The summed E-state index contributed by atoms with van der Waals surface area (Å²) in [4.78, 5) is 0. The van der Waals surface area contributed by atoms with Crippen molar-refractivity contribution in [3.8, 4) is 12.3 Å². The Labute approximate surface area is 55.6 Å². The number of nitrogens with one attached hydrogen (secondary N) is 1. The molecular formula is C7H11NO. The minimum absolute atomic E-state index is 0.0128. The molecule has 2 nitrogen and oxygen atoms in total. The molecule has 0 unspecified atom stereocenters. The Bertz CT molecular complexity index is 119. The minimum atomic E-state index is -0.0128. The normalized spacial score (nSPS) is 35.6. The average Bonchev–Trinajstić information content (AvgIpc) is 1.90. The summed E-state index contributed by atoms with van der Waals surface area (Å²) in [6.45, 7) is 3.60. The van der Waals surface area contributed by atoms with E-state index in [4.69, 9.17) is 11.2 Å². The van der Waals surface area contributed by atoms with Crippen LogP contribution in [0.2, 0.25) is 0 Å². The van der Waals surface area contributed by atoms with E-state index in [-0.39, 0.29) is 6.10 Å². The molecule has 1 fully saturated rings. The van der Waals surface area contributed by atoms with Crippen LogP contribution in [0.3, 0.4) is 0 Å². The molecule has 0 radical (unpaired) electrons. The molecule has 1 aliphatic heterocycles. The molecule has 1 aliphatic rings. The van der Waals surface area contributed by atoms with Crippen molar-refractivity contribution in [2.45, 2.75) is 19.1 Å². The predicted molar refractivity (Wildman–Crippen MR) is 36.0 cm³/mol. The van der Waals surface area contributed by atoms with E-state index < -0.39 is 0 Å². The largest absolute Gasteiger partial charge is 0.363 e. The highest BCUT2D eigenvalue weighted by Crippen LogP contribution is 1.97. The first kappa shape index (κ1) is 6.60. The van der Waals surface area contributed by atoms with E-state index in [1.165, 1.54) is 0 Å². The van der Waals surface area contributed by atoms with Gasteiger partial charge in [-0.1, -0.05) is 5.92 Å². The van der Waals surface area contributed by atoms with Gasteiger partial charge >= 0.3 is 0 Å². The Morgan fingerprint density at radius 3 is 3.00 bits per heavy atom. The smallest absolute Gasteiger partial charge is 0.130 e. The topological polar surface area (TPSA) is 21.3 Å². The fraction of sp³-hybridized carbons (Fsp3) is 0.714. The Hall–Kier alpha value is -0.520. The zero-order valence-electron chi connectivity index (χ0n) is 5.55. The van der Waals surface area contributed by atoms with Crippen LogP contribution in [0.5, 0.6) is 0 Å². The van der Waals surface area contributed by atoms with E-state index in [1.807, 2.05) is 0 Å². The van der Waals surface area contributed by atoms with Crippen molar-refractivity contribution >= 4 is 0 Å². The van der Waals surface area contributed by atoms with E-state index in [0.29, 0.717) is 6.04 Å². The number of rotatable bonds is 0. The van der Waals surface area contributed by atoms with Crippen LogP contribution in [0.15, 0.2) is 0 Å². The molecule has 2 atom stereocenters. The second-order valence-electron chi connectivity index (χ2n) is 2.30. The summed E-state index contributed by atoms with van der Waals surface area (Å²) >= 11 is 0. The third kappa shape index (κ3) is 1.70. The van der Waals surface area contributed by atoms with Crippen LogP contribution >= 0.6 is 0 Å². The van der Waals surface area contributed by atoms with Crippen LogP contribution < -0.4 is 5.32 Å². The van der Waals surface area contributed by atoms with E-state index in [1.54, 1.807) is 0 Å². The van der Waals surface area contributed by atoms with Crippen molar-refractivity contribution < 1.29 is 4.74 Å². The van der Waals surface area contributed by atoms with Crippen molar-refractivity contribution in [1.82, 2.24) is 5.32 Å². The molecule has 0 aromatic heterocycles. The van der Waals surface area contributed by atoms with Crippen LogP contribution in [0.1, 0.15) is 6.92 Å². The van der Waals surface area contributed by atoms with Crippen molar-refractivity contribution in [2.75, 3.05) is 13.2 Å². The van der Waals surface area contributed by atoms with Gasteiger partial charge in [0.15, 0.2) is 0 Å². The number of morpholine rings is 1. The molecule has 0 aliphatic carbocycles. The lowest BCUT2D eigenvalue weighted by Crippen LogP contribution is -2.43. The number of terminal acetylenes is 1. The summed E-state index contributed by atoms with van der Waals surface area (Å²) in [7, 11) is 0. The highest BCUT2D eigenvalue weighted by atomic mass is 16.5. The molecule has 0 saturated carbocycles. The Morgan fingerprint density at radius 1 is 1.78 bits per heavy atom. The van der Waals surface area contributed by atoms with Crippen LogP contribution in [0, 0.1) is 12.3 Å². The first-order valence-electron chi connectivity index (χ1n) is 3.14. The monoisotopic (exact) mass is 125 g/mol. The van der Waals surface area contributed by atoms with Gasteiger partial charge in [-0.2, -0.15) is 0 Å². The number of hydrogen-bond acceptors (Lipinski definition) is 2. The van der Waals surface area contributed by atoms with Crippen LogP contribution in [0.4, 0.5) is 0 Å². The van der Waals surface area contributed by atoms with Crippen molar-refractivity contribution in [1.29, 1.82) is 0 Å². The molecule has 0 aromatic carbocycles. The SMILES string of the molecule is C#C[C@H]1CN[C@@H](C)CO1. The fourth-order valence-electron chi connectivity index (χ4n) is 0.794. The molecule has 0 aromatic rings. The quantitative estimate of drug-likeness (QED) is 0.460. The lowest BCUT2D eigenvalue weighted by atomic mass is 10.2. The lowest BCUT2D eigenvalue weighted by Gasteiger charge is -2.24. The summed E-state index contributed by atoms with van der Waals surface area (Å²) in [6.07, 6.45) is 5.12. The van der Waals surface area contributed by atoms with Gasteiger partial charge in [0.1, 0.15) is 6.10 Å². The predicted octanol–water partition coefficient (Wildman–Crippen LogP) is -0.00350. The minimum Gasteiger partial charge on any atom is -0.363 e. The molecule has 50 valence electrons. The Kier molecular flexibility index (Phi) is 2.10. The van der Waals surface area contributed by atoms with Gasteiger partial charge in [0.05, 0.1) is 6.61 Å². The van der Waals surface area contributed by atoms with E-state index in [0.717, 1.165) is 13.2 Å².